The number of benzene rings is 1. The van der Waals surface area contributed by atoms with Gasteiger partial charge in [0.25, 0.3) is 11.8 Å². The number of hydrogen-bond donors (Lipinski definition) is 3. The molecule has 3 amide bonds. The monoisotopic (exact) mass is 532 g/mol. The SMILES string of the molecule is C=CC(=O)Nc1ccc(NC(=O)c2nn(Cc3ccc(F)cc3)c3c2CN(C(=O)c2ccc[nH]2)C[C@H]3C)s1. The smallest absolute Gasteiger partial charge is 0.277 e. The van der Waals surface area contributed by atoms with Gasteiger partial charge in [0.05, 0.1) is 23.1 Å². The van der Waals surface area contributed by atoms with Gasteiger partial charge in [0.1, 0.15) is 11.5 Å². The van der Waals surface area contributed by atoms with E-state index in [0.717, 1.165) is 11.3 Å². The maximum atomic E-state index is 13.5. The minimum atomic E-state index is -0.427. The Kier molecular flexibility index (Phi) is 6.93. The molecule has 1 aromatic carbocycles. The van der Waals surface area contributed by atoms with Crippen LogP contribution in [0, 0.1) is 5.82 Å². The molecule has 11 heteroatoms. The fourth-order valence-electron chi connectivity index (χ4n) is 4.56. The van der Waals surface area contributed by atoms with E-state index in [2.05, 4.69) is 27.3 Å². The van der Waals surface area contributed by atoms with Gasteiger partial charge in [-0.15, -0.1) is 11.3 Å². The zero-order chi connectivity index (χ0) is 26.8. The van der Waals surface area contributed by atoms with Crippen molar-refractivity contribution in [3.63, 3.8) is 0 Å². The second-order valence-electron chi connectivity index (χ2n) is 8.98. The van der Waals surface area contributed by atoms with Crippen molar-refractivity contribution in [1.82, 2.24) is 19.7 Å². The van der Waals surface area contributed by atoms with Crippen molar-refractivity contribution in [1.29, 1.82) is 0 Å². The van der Waals surface area contributed by atoms with Crippen LogP contribution in [0.15, 0.2) is 67.4 Å². The number of carbonyl (C=O) groups is 3. The van der Waals surface area contributed by atoms with Crippen molar-refractivity contribution in [2.45, 2.75) is 25.9 Å². The Labute approximate surface area is 222 Å². The first-order valence-electron chi connectivity index (χ1n) is 11.9. The first-order valence-corrected chi connectivity index (χ1v) is 12.7. The van der Waals surface area contributed by atoms with Crippen molar-refractivity contribution in [3.05, 3.63) is 101 Å². The molecule has 1 atom stereocenters. The van der Waals surface area contributed by atoms with Crippen molar-refractivity contribution >= 4 is 39.1 Å². The Morgan fingerprint density at radius 1 is 1.16 bits per heavy atom. The summed E-state index contributed by atoms with van der Waals surface area (Å²) in [6.07, 6.45) is 2.86. The van der Waals surface area contributed by atoms with Gasteiger partial charge in [-0.05, 0) is 48.0 Å². The second-order valence-corrected chi connectivity index (χ2v) is 10.1. The average Bonchev–Trinajstić information content (AvgIpc) is 3.66. The van der Waals surface area contributed by atoms with Crippen molar-refractivity contribution in [2.75, 3.05) is 17.2 Å². The highest BCUT2D eigenvalue weighted by Crippen LogP contribution is 2.33. The Morgan fingerprint density at radius 3 is 2.58 bits per heavy atom. The molecule has 3 N–H and O–H groups in total. The third kappa shape index (κ3) is 5.14. The average molecular weight is 533 g/mol. The molecule has 4 heterocycles. The number of nitrogens with zero attached hydrogens (tertiary/aromatic N) is 3. The molecule has 0 saturated carbocycles. The maximum Gasteiger partial charge on any atom is 0.277 e. The number of rotatable bonds is 7. The number of anilines is 2. The third-order valence-electron chi connectivity index (χ3n) is 6.25. The third-order valence-corrected chi connectivity index (χ3v) is 7.17. The summed E-state index contributed by atoms with van der Waals surface area (Å²) >= 11 is 1.20. The van der Waals surface area contributed by atoms with Crippen LogP contribution < -0.4 is 10.6 Å². The lowest BCUT2D eigenvalue weighted by Gasteiger charge is -2.32. The molecule has 38 heavy (non-hydrogen) atoms. The molecule has 3 aromatic heterocycles. The van der Waals surface area contributed by atoms with Crippen LogP contribution in [0.1, 0.15) is 50.6 Å². The summed E-state index contributed by atoms with van der Waals surface area (Å²) in [7, 11) is 0. The van der Waals surface area contributed by atoms with E-state index in [1.807, 2.05) is 6.92 Å². The zero-order valence-electron chi connectivity index (χ0n) is 20.5. The molecule has 0 unspecified atom stereocenters. The number of amides is 3. The number of H-pyrrole nitrogens is 1. The summed E-state index contributed by atoms with van der Waals surface area (Å²) in [5.41, 5.74) is 3.04. The summed E-state index contributed by atoms with van der Waals surface area (Å²) in [6, 6.07) is 13.0. The molecule has 5 rings (SSSR count). The van der Waals surface area contributed by atoms with Crippen LogP contribution in [0.4, 0.5) is 14.4 Å². The Bertz CT molecular complexity index is 1510. The van der Waals surface area contributed by atoms with E-state index in [4.69, 9.17) is 0 Å². The van der Waals surface area contributed by atoms with Crippen LogP contribution in [-0.4, -0.2) is 43.9 Å². The number of nitrogens with one attached hydrogen (secondary N) is 3. The van der Waals surface area contributed by atoms with Gasteiger partial charge in [-0.2, -0.15) is 5.10 Å². The second kappa shape index (κ2) is 10.5. The Morgan fingerprint density at radius 2 is 1.89 bits per heavy atom. The molecule has 0 fully saturated rings. The largest absolute Gasteiger partial charge is 0.357 e. The molecule has 194 valence electrons. The molecular weight excluding hydrogens is 507 g/mol. The van der Waals surface area contributed by atoms with Gasteiger partial charge in [0.15, 0.2) is 5.69 Å². The van der Waals surface area contributed by atoms with Gasteiger partial charge in [-0.3, -0.25) is 19.1 Å². The first kappa shape index (κ1) is 25.2. The number of halogens is 1. The lowest BCUT2D eigenvalue weighted by molar-refractivity contribution is -0.111. The number of hydrogen-bond acceptors (Lipinski definition) is 5. The van der Waals surface area contributed by atoms with E-state index in [0.29, 0.717) is 34.3 Å². The fraction of sp³-hybridized carbons (Fsp3) is 0.185. The lowest BCUT2D eigenvalue weighted by Crippen LogP contribution is -2.38. The van der Waals surface area contributed by atoms with Gasteiger partial charge in [0.2, 0.25) is 5.91 Å². The molecule has 0 bridgehead atoms. The van der Waals surface area contributed by atoms with E-state index in [1.54, 1.807) is 52.2 Å². The highest BCUT2D eigenvalue weighted by atomic mass is 32.1. The van der Waals surface area contributed by atoms with E-state index in [-0.39, 0.29) is 35.8 Å². The van der Waals surface area contributed by atoms with Gasteiger partial charge in [-0.1, -0.05) is 25.6 Å². The summed E-state index contributed by atoms with van der Waals surface area (Å²) in [5, 5.41) is 11.3. The number of fused-ring (bicyclic) bond motifs is 1. The molecule has 0 spiro atoms. The molecule has 1 aliphatic rings. The van der Waals surface area contributed by atoms with Crippen molar-refractivity contribution in [3.8, 4) is 0 Å². The predicted molar refractivity (Wildman–Crippen MR) is 143 cm³/mol. The number of aromatic nitrogens is 3. The molecular formula is C27H25FN6O3S. The number of thiophene rings is 1. The van der Waals surface area contributed by atoms with Gasteiger partial charge >= 0.3 is 0 Å². The van der Waals surface area contributed by atoms with E-state index in [9.17, 15) is 18.8 Å². The van der Waals surface area contributed by atoms with Crippen LogP contribution in [-0.2, 0) is 17.9 Å². The van der Waals surface area contributed by atoms with Crippen LogP contribution in [0.25, 0.3) is 0 Å². The quantitative estimate of drug-likeness (QED) is 0.302. The van der Waals surface area contributed by atoms with Crippen molar-refractivity contribution < 1.29 is 18.8 Å². The first-order chi connectivity index (χ1) is 18.3. The van der Waals surface area contributed by atoms with Crippen LogP contribution in [0.5, 0.6) is 0 Å². The molecule has 9 nitrogen and oxygen atoms in total. The highest BCUT2D eigenvalue weighted by Gasteiger charge is 2.34. The van der Waals surface area contributed by atoms with Gasteiger partial charge in [-0.25, -0.2) is 4.39 Å². The van der Waals surface area contributed by atoms with E-state index in [1.165, 1.54) is 29.5 Å². The fourth-order valence-corrected chi connectivity index (χ4v) is 5.37. The normalized spacial score (nSPS) is 14.6. The summed E-state index contributed by atoms with van der Waals surface area (Å²) in [4.78, 5) is 42.8. The Hall–Kier alpha value is -4.51. The molecule has 0 radical (unpaired) electrons. The summed E-state index contributed by atoms with van der Waals surface area (Å²) < 4.78 is 15.2. The molecule has 4 aromatic rings. The molecule has 0 aliphatic carbocycles. The van der Waals surface area contributed by atoms with Crippen LogP contribution in [0.2, 0.25) is 0 Å². The predicted octanol–water partition coefficient (Wildman–Crippen LogP) is 4.60. The number of aromatic amines is 1. The van der Waals surface area contributed by atoms with Gasteiger partial charge in [0, 0.05) is 29.9 Å². The van der Waals surface area contributed by atoms with Crippen LogP contribution in [0.3, 0.4) is 0 Å². The van der Waals surface area contributed by atoms with E-state index >= 15 is 0 Å². The topological polar surface area (TPSA) is 112 Å². The van der Waals surface area contributed by atoms with Crippen molar-refractivity contribution in [2.24, 2.45) is 0 Å². The Balaban J connectivity index is 1.47. The number of carbonyl (C=O) groups excluding carboxylic acids is 3. The molecule has 1 aliphatic heterocycles. The standard InChI is InChI=1S/C27H25FN6O3S/c1-3-21(35)30-22-10-11-23(38-22)31-26(36)24-19-15-33(27(37)20-5-4-12-29-20)13-16(2)25(19)34(32-24)14-17-6-8-18(28)9-7-17/h3-12,16,29H,1,13-15H2,2H3,(H,30,35)(H,31,36)/t16-/m1/s1. The highest BCUT2D eigenvalue weighted by molar-refractivity contribution is 7.20. The summed E-state index contributed by atoms with van der Waals surface area (Å²) in [5.74, 6) is -1.37. The maximum absolute atomic E-state index is 13.5. The van der Waals surface area contributed by atoms with E-state index < -0.39 is 5.91 Å². The summed E-state index contributed by atoms with van der Waals surface area (Å²) in [6.45, 7) is 6.45. The minimum Gasteiger partial charge on any atom is -0.357 e. The minimum absolute atomic E-state index is 0.102. The zero-order valence-corrected chi connectivity index (χ0v) is 21.3. The lowest BCUT2D eigenvalue weighted by atomic mass is 9.95. The molecule has 0 saturated heterocycles. The van der Waals surface area contributed by atoms with Crippen LogP contribution >= 0.6 is 11.3 Å². The van der Waals surface area contributed by atoms with Gasteiger partial charge < -0.3 is 20.5 Å².